The van der Waals surface area contributed by atoms with Crippen molar-refractivity contribution in [1.29, 1.82) is 0 Å². The van der Waals surface area contributed by atoms with Crippen LogP contribution in [0, 0.1) is 5.82 Å². The van der Waals surface area contributed by atoms with Gasteiger partial charge in [-0.2, -0.15) is 5.10 Å². The predicted molar refractivity (Wildman–Crippen MR) is 102 cm³/mol. The fraction of sp³-hybridized carbons (Fsp3) is 0.400. The molecule has 1 amide bonds. The van der Waals surface area contributed by atoms with Gasteiger partial charge in [-0.25, -0.2) is 4.39 Å². The zero-order chi connectivity index (χ0) is 18.8. The molecule has 0 saturated carbocycles. The molecule has 6 nitrogen and oxygen atoms in total. The number of hydrogen-bond donors (Lipinski definition) is 2. The number of H-pyrrole nitrogens is 1. The van der Waals surface area contributed by atoms with Crippen molar-refractivity contribution in [3.63, 3.8) is 0 Å². The lowest BCUT2D eigenvalue weighted by Crippen LogP contribution is -2.30. The van der Waals surface area contributed by atoms with E-state index in [-0.39, 0.29) is 18.3 Å². The second-order valence-corrected chi connectivity index (χ2v) is 7.26. The second kappa shape index (κ2) is 7.52. The molecule has 3 aromatic rings. The molecule has 1 aromatic carbocycles. The highest BCUT2D eigenvalue weighted by Crippen LogP contribution is 2.21. The third-order valence-electron chi connectivity index (χ3n) is 5.15. The van der Waals surface area contributed by atoms with Crippen LogP contribution in [-0.2, 0) is 17.9 Å². The van der Waals surface area contributed by atoms with E-state index in [0.717, 1.165) is 48.2 Å². The molecule has 1 saturated heterocycles. The van der Waals surface area contributed by atoms with Crippen molar-refractivity contribution in [1.82, 2.24) is 25.0 Å². The maximum Gasteiger partial charge on any atom is 0.244 e. The van der Waals surface area contributed by atoms with Crippen molar-refractivity contribution in [2.24, 2.45) is 0 Å². The summed E-state index contributed by atoms with van der Waals surface area (Å²) in [6, 6.07) is 8.51. The quantitative estimate of drug-likeness (QED) is 0.727. The van der Waals surface area contributed by atoms with Crippen LogP contribution >= 0.6 is 0 Å². The van der Waals surface area contributed by atoms with E-state index in [1.165, 1.54) is 12.1 Å². The average Bonchev–Trinajstić information content (AvgIpc) is 3.28. The monoisotopic (exact) mass is 369 g/mol. The largest absolute Gasteiger partial charge is 0.357 e. The SMILES string of the molecule is CN(Cc1cc2cc(F)ccc2[nH]1)C(=O)Cn1ccc(C2CCCNC2)n1. The van der Waals surface area contributed by atoms with Crippen LogP contribution < -0.4 is 5.32 Å². The first-order valence-corrected chi connectivity index (χ1v) is 9.33. The lowest BCUT2D eigenvalue weighted by molar-refractivity contribution is -0.131. The van der Waals surface area contributed by atoms with Crippen molar-refractivity contribution in [3.05, 3.63) is 53.7 Å². The molecule has 27 heavy (non-hydrogen) atoms. The summed E-state index contributed by atoms with van der Waals surface area (Å²) in [6.45, 7) is 2.67. The Morgan fingerprint density at radius 3 is 3.07 bits per heavy atom. The van der Waals surface area contributed by atoms with Gasteiger partial charge in [0.2, 0.25) is 5.91 Å². The Balaban J connectivity index is 1.37. The van der Waals surface area contributed by atoms with Crippen LogP contribution in [0.25, 0.3) is 10.9 Å². The summed E-state index contributed by atoms with van der Waals surface area (Å²) in [6.07, 6.45) is 4.17. The van der Waals surface area contributed by atoms with Crippen LogP contribution in [0.3, 0.4) is 0 Å². The highest BCUT2D eigenvalue weighted by molar-refractivity contribution is 5.81. The van der Waals surface area contributed by atoms with E-state index in [9.17, 15) is 9.18 Å². The van der Waals surface area contributed by atoms with Crippen LogP contribution in [0.5, 0.6) is 0 Å². The number of likely N-dealkylation sites (N-methyl/N-ethyl adjacent to an activating group) is 1. The minimum absolute atomic E-state index is 0.0174. The van der Waals surface area contributed by atoms with E-state index in [1.807, 2.05) is 18.3 Å². The molecule has 0 aliphatic carbocycles. The van der Waals surface area contributed by atoms with E-state index in [4.69, 9.17) is 0 Å². The molecule has 1 atom stereocenters. The number of carbonyl (C=O) groups excluding carboxylic acids is 1. The van der Waals surface area contributed by atoms with Crippen molar-refractivity contribution < 1.29 is 9.18 Å². The number of benzene rings is 1. The van der Waals surface area contributed by atoms with Crippen LogP contribution in [0.15, 0.2) is 36.5 Å². The first kappa shape index (κ1) is 17.7. The molecular formula is C20H24FN5O. The summed E-state index contributed by atoms with van der Waals surface area (Å²) in [5, 5.41) is 8.79. The van der Waals surface area contributed by atoms with Crippen molar-refractivity contribution >= 4 is 16.8 Å². The lowest BCUT2D eigenvalue weighted by atomic mass is 9.97. The summed E-state index contributed by atoms with van der Waals surface area (Å²) in [7, 11) is 1.77. The number of nitrogens with one attached hydrogen (secondary N) is 2. The van der Waals surface area contributed by atoms with Gasteiger partial charge >= 0.3 is 0 Å². The van der Waals surface area contributed by atoms with Crippen LogP contribution in [0.1, 0.15) is 30.1 Å². The molecule has 3 heterocycles. The number of hydrogen-bond acceptors (Lipinski definition) is 3. The van der Waals surface area contributed by atoms with Gasteiger partial charge in [0.1, 0.15) is 12.4 Å². The van der Waals surface area contributed by atoms with Gasteiger partial charge in [0.15, 0.2) is 0 Å². The molecule has 1 fully saturated rings. The molecule has 1 aliphatic rings. The molecular weight excluding hydrogens is 345 g/mol. The van der Waals surface area contributed by atoms with Gasteiger partial charge in [-0.1, -0.05) is 0 Å². The molecule has 1 aliphatic heterocycles. The zero-order valence-electron chi connectivity index (χ0n) is 15.4. The van der Waals surface area contributed by atoms with Crippen LogP contribution in [0.4, 0.5) is 4.39 Å². The fourth-order valence-corrected chi connectivity index (χ4v) is 3.64. The van der Waals surface area contributed by atoms with E-state index in [2.05, 4.69) is 15.4 Å². The fourth-order valence-electron chi connectivity index (χ4n) is 3.64. The average molecular weight is 369 g/mol. The number of aromatic amines is 1. The van der Waals surface area contributed by atoms with Gasteiger partial charge in [0.25, 0.3) is 0 Å². The number of halogens is 1. The maximum atomic E-state index is 13.3. The Morgan fingerprint density at radius 1 is 1.37 bits per heavy atom. The number of rotatable bonds is 5. The third kappa shape index (κ3) is 4.03. The molecule has 0 radical (unpaired) electrons. The Kier molecular flexibility index (Phi) is 4.94. The van der Waals surface area contributed by atoms with Crippen molar-refractivity contribution in [2.75, 3.05) is 20.1 Å². The molecule has 4 rings (SSSR count). The van der Waals surface area contributed by atoms with Gasteiger partial charge in [-0.05, 0) is 49.7 Å². The number of aromatic nitrogens is 3. The van der Waals surface area contributed by atoms with E-state index in [0.29, 0.717) is 12.5 Å². The van der Waals surface area contributed by atoms with E-state index in [1.54, 1.807) is 22.7 Å². The summed E-state index contributed by atoms with van der Waals surface area (Å²) in [4.78, 5) is 17.4. The van der Waals surface area contributed by atoms with Crippen molar-refractivity contribution in [3.8, 4) is 0 Å². The maximum absolute atomic E-state index is 13.3. The number of fused-ring (bicyclic) bond motifs is 1. The molecule has 0 spiro atoms. The molecule has 0 bridgehead atoms. The van der Waals surface area contributed by atoms with Crippen LogP contribution in [0.2, 0.25) is 0 Å². The molecule has 7 heteroatoms. The topological polar surface area (TPSA) is 66.0 Å². The van der Waals surface area contributed by atoms with Gasteiger partial charge in [-0.3, -0.25) is 9.48 Å². The number of carbonyl (C=O) groups is 1. The number of nitrogens with zero attached hydrogens (tertiary/aromatic N) is 3. The third-order valence-corrected chi connectivity index (χ3v) is 5.15. The van der Waals surface area contributed by atoms with Crippen LogP contribution in [-0.4, -0.2) is 45.7 Å². The Bertz CT molecular complexity index is 941. The molecule has 1 unspecified atom stereocenters. The number of amides is 1. The summed E-state index contributed by atoms with van der Waals surface area (Å²) in [5.41, 5.74) is 2.79. The summed E-state index contributed by atoms with van der Waals surface area (Å²) < 4.78 is 15.0. The number of piperidine rings is 1. The highest BCUT2D eigenvalue weighted by atomic mass is 19.1. The molecule has 2 aromatic heterocycles. The lowest BCUT2D eigenvalue weighted by Gasteiger charge is -2.20. The predicted octanol–water partition coefficient (Wildman–Crippen LogP) is 2.63. The van der Waals surface area contributed by atoms with Gasteiger partial charge in [-0.15, -0.1) is 0 Å². The highest BCUT2D eigenvalue weighted by Gasteiger charge is 2.18. The van der Waals surface area contributed by atoms with Gasteiger partial charge in [0.05, 0.1) is 12.2 Å². The zero-order valence-corrected chi connectivity index (χ0v) is 15.4. The minimum atomic E-state index is -0.264. The van der Waals surface area contributed by atoms with Gasteiger partial charge < -0.3 is 15.2 Å². The Morgan fingerprint density at radius 2 is 2.26 bits per heavy atom. The standard InChI is InChI=1S/C20H24FN5O/c1-25(12-17-10-15-9-16(21)4-5-18(15)23-17)20(27)13-26-8-6-19(24-26)14-3-2-7-22-11-14/h4-6,8-10,14,22-23H,2-3,7,11-13H2,1H3. The normalized spacial score (nSPS) is 17.3. The molecule has 142 valence electrons. The van der Waals surface area contributed by atoms with E-state index >= 15 is 0 Å². The van der Waals surface area contributed by atoms with E-state index < -0.39 is 0 Å². The molecule has 2 N–H and O–H groups in total. The Hall–Kier alpha value is -2.67. The van der Waals surface area contributed by atoms with Gasteiger partial charge in [0, 0.05) is 42.3 Å². The second-order valence-electron chi connectivity index (χ2n) is 7.26. The smallest absolute Gasteiger partial charge is 0.244 e. The van der Waals surface area contributed by atoms with Crippen molar-refractivity contribution in [2.45, 2.75) is 31.8 Å². The summed E-state index contributed by atoms with van der Waals surface area (Å²) >= 11 is 0. The Labute approximate surface area is 157 Å². The minimum Gasteiger partial charge on any atom is -0.357 e. The summed E-state index contributed by atoms with van der Waals surface area (Å²) in [5.74, 6) is 0.149. The first-order valence-electron chi connectivity index (χ1n) is 9.33. The first-order chi connectivity index (χ1) is 13.1.